The van der Waals surface area contributed by atoms with Crippen molar-refractivity contribution in [2.24, 2.45) is 7.05 Å². The first-order chi connectivity index (χ1) is 9.25. The van der Waals surface area contributed by atoms with E-state index in [1.807, 2.05) is 52.9 Å². The summed E-state index contributed by atoms with van der Waals surface area (Å²) in [5, 5.41) is 8.09. The van der Waals surface area contributed by atoms with Gasteiger partial charge in [-0.3, -0.25) is 9.48 Å². The lowest BCUT2D eigenvalue weighted by Crippen LogP contribution is -2.40. The topological polar surface area (TPSA) is 38.1 Å². The summed E-state index contributed by atoms with van der Waals surface area (Å²) in [6, 6.07) is 2.04. The highest BCUT2D eigenvalue weighted by molar-refractivity contribution is 7.99. The molecule has 0 aromatic carbocycles. The van der Waals surface area contributed by atoms with Crippen LogP contribution in [0.2, 0.25) is 0 Å². The van der Waals surface area contributed by atoms with Gasteiger partial charge in [-0.05, 0) is 11.4 Å². The van der Waals surface area contributed by atoms with Crippen molar-refractivity contribution in [3.63, 3.8) is 0 Å². The van der Waals surface area contributed by atoms with E-state index in [4.69, 9.17) is 0 Å². The standard InChI is InChI=1S/C13H15N3OS2/c1-15-7-11(6-14-15)12-9-19-5-3-16(12)13(17)10-2-4-18-8-10/h2,4,6-8,12H,3,5,9H2,1H3/t12-/m0/s1. The van der Waals surface area contributed by atoms with E-state index in [0.717, 1.165) is 29.2 Å². The average molecular weight is 293 g/mol. The zero-order chi connectivity index (χ0) is 13.2. The third-order valence-corrected chi connectivity index (χ3v) is 4.97. The number of carbonyl (C=O) groups excluding carboxylic acids is 1. The fourth-order valence-corrected chi connectivity index (χ4v) is 4.00. The normalized spacial score (nSPS) is 19.6. The van der Waals surface area contributed by atoms with E-state index in [-0.39, 0.29) is 11.9 Å². The molecule has 1 fully saturated rings. The molecule has 3 heterocycles. The highest BCUT2D eigenvalue weighted by atomic mass is 32.2. The molecule has 0 radical (unpaired) electrons. The van der Waals surface area contributed by atoms with E-state index in [1.165, 1.54) is 0 Å². The molecule has 2 aromatic rings. The Balaban J connectivity index is 1.87. The molecule has 1 aliphatic heterocycles. The molecule has 1 atom stereocenters. The second kappa shape index (κ2) is 5.38. The van der Waals surface area contributed by atoms with Gasteiger partial charge in [-0.25, -0.2) is 0 Å². The van der Waals surface area contributed by atoms with Crippen molar-refractivity contribution in [1.82, 2.24) is 14.7 Å². The molecule has 0 spiro atoms. The predicted molar refractivity (Wildman–Crippen MR) is 78.6 cm³/mol. The summed E-state index contributed by atoms with van der Waals surface area (Å²) in [6.45, 7) is 0.804. The van der Waals surface area contributed by atoms with Crippen LogP contribution in [0.4, 0.5) is 0 Å². The molecule has 3 rings (SSSR count). The van der Waals surface area contributed by atoms with Gasteiger partial charge in [0.25, 0.3) is 5.91 Å². The number of nitrogens with zero attached hydrogens (tertiary/aromatic N) is 3. The molecule has 4 nitrogen and oxygen atoms in total. The first-order valence-electron chi connectivity index (χ1n) is 6.15. The second-order valence-corrected chi connectivity index (χ2v) is 6.48. The molecular formula is C13H15N3OS2. The van der Waals surface area contributed by atoms with Gasteiger partial charge in [0.2, 0.25) is 0 Å². The molecule has 2 aromatic heterocycles. The van der Waals surface area contributed by atoms with Gasteiger partial charge in [-0.15, -0.1) is 0 Å². The van der Waals surface area contributed by atoms with E-state index in [2.05, 4.69) is 5.10 Å². The zero-order valence-corrected chi connectivity index (χ0v) is 12.3. The van der Waals surface area contributed by atoms with Crippen LogP contribution in [0.25, 0.3) is 0 Å². The van der Waals surface area contributed by atoms with Crippen LogP contribution in [-0.4, -0.2) is 38.6 Å². The Morgan fingerprint density at radius 3 is 3.11 bits per heavy atom. The minimum atomic E-state index is 0.135. The van der Waals surface area contributed by atoms with Gasteiger partial charge in [-0.2, -0.15) is 28.2 Å². The van der Waals surface area contributed by atoms with Crippen LogP contribution in [0, 0.1) is 0 Å². The molecule has 6 heteroatoms. The fraction of sp³-hybridized carbons (Fsp3) is 0.385. The van der Waals surface area contributed by atoms with Gasteiger partial charge < -0.3 is 4.90 Å². The van der Waals surface area contributed by atoms with Crippen LogP contribution in [0.15, 0.2) is 29.2 Å². The number of amides is 1. The number of hydrogen-bond donors (Lipinski definition) is 0. The highest BCUT2D eigenvalue weighted by Gasteiger charge is 2.29. The largest absolute Gasteiger partial charge is 0.330 e. The highest BCUT2D eigenvalue weighted by Crippen LogP contribution is 2.30. The van der Waals surface area contributed by atoms with Crippen molar-refractivity contribution in [3.8, 4) is 0 Å². The lowest BCUT2D eigenvalue weighted by molar-refractivity contribution is 0.0702. The van der Waals surface area contributed by atoms with Gasteiger partial charge >= 0.3 is 0 Å². The summed E-state index contributed by atoms with van der Waals surface area (Å²) in [4.78, 5) is 14.5. The van der Waals surface area contributed by atoms with Crippen molar-refractivity contribution in [1.29, 1.82) is 0 Å². The lowest BCUT2D eigenvalue weighted by atomic mass is 10.1. The molecule has 0 aliphatic carbocycles. The molecule has 0 N–H and O–H groups in total. The van der Waals surface area contributed by atoms with Gasteiger partial charge in [0.15, 0.2) is 0 Å². The SMILES string of the molecule is Cn1cc([C@@H]2CSCCN2C(=O)c2ccsc2)cn1. The maximum absolute atomic E-state index is 12.5. The van der Waals surface area contributed by atoms with Gasteiger partial charge in [0.1, 0.15) is 0 Å². The molecule has 1 amide bonds. The summed E-state index contributed by atoms with van der Waals surface area (Å²) in [5.41, 5.74) is 1.92. The summed E-state index contributed by atoms with van der Waals surface area (Å²) in [5.74, 6) is 2.09. The van der Waals surface area contributed by atoms with Crippen LogP contribution in [-0.2, 0) is 7.05 Å². The molecule has 19 heavy (non-hydrogen) atoms. The maximum atomic E-state index is 12.5. The average Bonchev–Trinajstić information content (AvgIpc) is 3.09. The Morgan fingerprint density at radius 1 is 1.53 bits per heavy atom. The number of thioether (sulfide) groups is 1. The minimum absolute atomic E-state index is 0.135. The van der Waals surface area contributed by atoms with Crippen LogP contribution in [0.3, 0.4) is 0 Å². The Labute approximate surface area is 120 Å². The predicted octanol–water partition coefficient (Wildman–Crippen LogP) is 2.41. The second-order valence-electron chi connectivity index (χ2n) is 4.55. The number of aryl methyl sites for hydroxylation is 1. The third-order valence-electron chi connectivity index (χ3n) is 3.27. The summed E-state index contributed by atoms with van der Waals surface area (Å²) < 4.78 is 1.79. The Morgan fingerprint density at radius 2 is 2.42 bits per heavy atom. The smallest absolute Gasteiger partial charge is 0.255 e. The summed E-state index contributed by atoms with van der Waals surface area (Å²) >= 11 is 3.46. The van der Waals surface area contributed by atoms with Crippen LogP contribution in [0.5, 0.6) is 0 Å². The minimum Gasteiger partial charge on any atom is -0.330 e. The number of hydrogen-bond acceptors (Lipinski definition) is 4. The molecule has 0 unspecified atom stereocenters. The number of aromatic nitrogens is 2. The Hall–Kier alpha value is -1.27. The first-order valence-corrected chi connectivity index (χ1v) is 8.25. The van der Waals surface area contributed by atoms with E-state index >= 15 is 0 Å². The number of thiophene rings is 1. The van der Waals surface area contributed by atoms with Gasteiger partial charge in [0, 0.05) is 42.2 Å². The van der Waals surface area contributed by atoms with Crippen LogP contribution < -0.4 is 0 Å². The maximum Gasteiger partial charge on any atom is 0.255 e. The van der Waals surface area contributed by atoms with Gasteiger partial charge in [0.05, 0.1) is 17.8 Å². The molecule has 1 saturated heterocycles. The number of rotatable bonds is 2. The zero-order valence-electron chi connectivity index (χ0n) is 10.7. The first kappa shape index (κ1) is 12.7. The molecule has 0 bridgehead atoms. The van der Waals surface area contributed by atoms with Crippen molar-refractivity contribution < 1.29 is 4.79 Å². The van der Waals surface area contributed by atoms with Gasteiger partial charge in [-0.1, -0.05) is 0 Å². The Kier molecular flexibility index (Phi) is 3.61. The Bertz CT molecular complexity index is 564. The third kappa shape index (κ3) is 2.55. The number of carbonyl (C=O) groups is 1. The van der Waals surface area contributed by atoms with Crippen molar-refractivity contribution in [2.45, 2.75) is 6.04 Å². The van der Waals surface area contributed by atoms with E-state index in [9.17, 15) is 4.79 Å². The molecule has 100 valence electrons. The summed E-state index contributed by atoms with van der Waals surface area (Å²) in [6.07, 6.45) is 3.87. The molecular weight excluding hydrogens is 278 g/mol. The lowest BCUT2D eigenvalue weighted by Gasteiger charge is -2.34. The van der Waals surface area contributed by atoms with E-state index in [1.54, 1.807) is 16.0 Å². The van der Waals surface area contributed by atoms with Crippen LogP contribution in [0.1, 0.15) is 22.0 Å². The summed E-state index contributed by atoms with van der Waals surface area (Å²) in [7, 11) is 1.91. The fourth-order valence-electron chi connectivity index (χ4n) is 2.29. The monoisotopic (exact) mass is 293 g/mol. The van der Waals surface area contributed by atoms with Crippen molar-refractivity contribution >= 4 is 29.0 Å². The quantitative estimate of drug-likeness (QED) is 0.853. The van der Waals surface area contributed by atoms with Crippen molar-refractivity contribution in [3.05, 3.63) is 40.3 Å². The molecule has 1 aliphatic rings. The van der Waals surface area contributed by atoms with E-state index < -0.39 is 0 Å². The van der Waals surface area contributed by atoms with E-state index in [0.29, 0.717) is 0 Å². The van der Waals surface area contributed by atoms with Crippen molar-refractivity contribution in [2.75, 3.05) is 18.1 Å². The van der Waals surface area contributed by atoms with Crippen LogP contribution >= 0.6 is 23.1 Å². The molecule has 0 saturated carbocycles.